The lowest BCUT2D eigenvalue weighted by atomic mass is 9.68. The summed E-state index contributed by atoms with van der Waals surface area (Å²) in [5.41, 5.74) is 1.57. The van der Waals surface area contributed by atoms with E-state index in [1.165, 1.54) is 0 Å². The molecule has 17 heavy (non-hydrogen) atoms. The topological polar surface area (TPSA) is 34.1 Å². The second kappa shape index (κ2) is 3.52. The van der Waals surface area contributed by atoms with Gasteiger partial charge in [-0.2, -0.15) is 0 Å². The van der Waals surface area contributed by atoms with Crippen LogP contribution in [0.2, 0.25) is 0 Å². The first-order valence-corrected chi connectivity index (χ1v) is 5.76. The Labute approximate surface area is 99.6 Å². The van der Waals surface area contributed by atoms with Crippen LogP contribution in [0.5, 0.6) is 0 Å². The Morgan fingerprint density at radius 1 is 1.00 bits per heavy atom. The first-order chi connectivity index (χ1) is 8.21. The highest BCUT2D eigenvalue weighted by Gasteiger charge is 2.36. The molecule has 0 heterocycles. The van der Waals surface area contributed by atoms with E-state index < -0.39 is 0 Å². The predicted octanol–water partition coefficient (Wildman–Crippen LogP) is 2.60. The summed E-state index contributed by atoms with van der Waals surface area (Å²) in [6.07, 6.45) is 8.36. The Morgan fingerprint density at radius 2 is 1.71 bits per heavy atom. The van der Waals surface area contributed by atoms with E-state index in [1.54, 1.807) is 12.2 Å². The zero-order valence-corrected chi connectivity index (χ0v) is 9.35. The van der Waals surface area contributed by atoms with E-state index in [2.05, 4.69) is 0 Å². The summed E-state index contributed by atoms with van der Waals surface area (Å²) in [7, 11) is 0. The Balaban J connectivity index is 2.19. The predicted molar refractivity (Wildman–Crippen MR) is 65.0 cm³/mol. The SMILES string of the molecule is O=C1C=CC2(C=C1)CCC(=O)c1ccccc12. The molecule has 2 heteroatoms. The number of rotatable bonds is 0. The van der Waals surface area contributed by atoms with Crippen molar-refractivity contribution >= 4 is 11.6 Å². The molecule has 0 saturated carbocycles. The molecule has 2 nitrogen and oxygen atoms in total. The van der Waals surface area contributed by atoms with Gasteiger partial charge < -0.3 is 0 Å². The molecule has 84 valence electrons. The number of Topliss-reactive ketones (excluding diaryl/α,β-unsaturated/α-hetero) is 1. The number of allylic oxidation sites excluding steroid dienone is 4. The van der Waals surface area contributed by atoms with Gasteiger partial charge in [0.05, 0.1) is 0 Å². The van der Waals surface area contributed by atoms with Crippen molar-refractivity contribution in [3.63, 3.8) is 0 Å². The lowest BCUT2D eigenvalue weighted by Crippen LogP contribution is -2.31. The fourth-order valence-corrected chi connectivity index (χ4v) is 2.64. The zero-order valence-electron chi connectivity index (χ0n) is 9.35. The van der Waals surface area contributed by atoms with Crippen LogP contribution >= 0.6 is 0 Å². The smallest absolute Gasteiger partial charge is 0.178 e. The van der Waals surface area contributed by atoms with Crippen LogP contribution in [0, 0.1) is 0 Å². The number of carbonyl (C=O) groups excluding carboxylic acids is 2. The number of hydrogen-bond acceptors (Lipinski definition) is 2. The molecule has 2 aliphatic rings. The maximum atomic E-state index is 11.9. The highest BCUT2D eigenvalue weighted by atomic mass is 16.1. The lowest BCUT2D eigenvalue weighted by molar-refractivity contribution is -0.110. The van der Waals surface area contributed by atoms with E-state index in [0.717, 1.165) is 17.5 Å². The van der Waals surface area contributed by atoms with Gasteiger partial charge in [0.1, 0.15) is 0 Å². The van der Waals surface area contributed by atoms with Crippen molar-refractivity contribution in [1.82, 2.24) is 0 Å². The van der Waals surface area contributed by atoms with Gasteiger partial charge in [0.2, 0.25) is 0 Å². The van der Waals surface area contributed by atoms with Crippen LogP contribution in [-0.4, -0.2) is 11.6 Å². The van der Waals surface area contributed by atoms with Gasteiger partial charge in [-0.1, -0.05) is 36.4 Å². The van der Waals surface area contributed by atoms with Crippen LogP contribution < -0.4 is 0 Å². The van der Waals surface area contributed by atoms with Gasteiger partial charge in [0.15, 0.2) is 11.6 Å². The highest BCUT2D eigenvalue weighted by molar-refractivity contribution is 6.03. The summed E-state index contributed by atoms with van der Waals surface area (Å²) in [4.78, 5) is 23.1. The van der Waals surface area contributed by atoms with E-state index >= 15 is 0 Å². The molecule has 0 aliphatic heterocycles. The third kappa shape index (κ3) is 1.48. The fraction of sp³-hybridized carbons (Fsp3) is 0.200. The second-order valence-corrected chi connectivity index (χ2v) is 4.58. The molecular formula is C15H12O2. The Bertz CT molecular complexity index is 548. The van der Waals surface area contributed by atoms with Crippen molar-refractivity contribution in [3.05, 3.63) is 59.7 Å². The van der Waals surface area contributed by atoms with Gasteiger partial charge in [0.25, 0.3) is 0 Å². The molecule has 1 aromatic rings. The van der Waals surface area contributed by atoms with Crippen molar-refractivity contribution in [1.29, 1.82) is 0 Å². The molecule has 1 aromatic carbocycles. The normalized spacial score (nSPS) is 20.7. The lowest BCUT2D eigenvalue weighted by Gasteiger charge is -2.34. The quantitative estimate of drug-likeness (QED) is 0.678. The standard InChI is InChI=1S/C15H12O2/c16-11-5-8-15(9-6-11)10-7-14(17)12-3-1-2-4-13(12)15/h1-6,8-9H,7,10H2. The minimum absolute atomic E-state index is 0.0185. The fourth-order valence-electron chi connectivity index (χ4n) is 2.64. The Hall–Kier alpha value is -1.96. The molecule has 0 atom stereocenters. The van der Waals surface area contributed by atoms with Gasteiger partial charge in [-0.15, -0.1) is 0 Å². The number of carbonyl (C=O) groups is 2. The van der Waals surface area contributed by atoms with Crippen molar-refractivity contribution < 1.29 is 9.59 Å². The number of benzene rings is 1. The van der Waals surface area contributed by atoms with Crippen LogP contribution in [0.25, 0.3) is 0 Å². The summed E-state index contributed by atoms with van der Waals surface area (Å²) in [6, 6.07) is 7.68. The van der Waals surface area contributed by atoms with E-state index in [9.17, 15) is 9.59 Å². The van der Waals surface area contributed by atoms with Gasteiger partial charge in [-0.25, -0.2) is 0 Å². The van der Waals surface area contributed by atoms with Crippen molar-refractivity contribution in [2.45, 2.75) is 18.3 Å². The summed E-state index contributed by atoms with van der Waals surface area (Å²) >= 11 is 0. The summed E-state index contributed by atoms with van der Waals surface area (Å²) in [6.45, 7) is 0. The highest BCUT2D eigenvalue weighted by Crippen LogP contribution is 2.40. The van der Waals surface area contributed by atoms with Crippen LogP contribution in [-0.2, 0) is 10.2 Å². The molecule has 0 radical (unpaired) electrons. The molecule has 3 rings (SSSR count). The number of fused-ring (bicyclic) bond motifs is 2. The number of ketones is 2. The monoisotopic (exact) mass is 224 g/mol. The van der Waals surface area contributed by atoms with Crippen LogP contribution in [0.3, 0.4) is 0 Å². The first kappa shape index (κ1) is 10.2. The van der Waals surface area contributed by atoms with Crippen LogP contribution in [0.15, 0.2) is 48.6 Å². The van der Waals surface area contributed by atoms with Gasteiger partial charge in [-0.3, -0.25) is 9.59 Å². The third-order valence-electron chi connectivity index (χ3n) is 3.58. The molecule has 0 bridgehead atoms. The van der Waals surface area contributed by atoms with E-state index in [-0.39, 0.29) is 17.0 Å². The largest absolute Gasteiger partial charge is 0.294 e. The summed E-state index contributed by atoms with van der Waals surface area (Å²) in [5, 5.41) is 0. The molecule has 0 N–H and O–H groups in total. The van der Waals surface area contributed by atoms with Gasteiger partial charge >= 0.3 is 0 Å². The van der Waals surface area contributed by atoms with E-state index in [4.69, 9.17) is 0 Å². The Morgan fingerprint density at radius 3 is 2.47 bits per heavy atom. The van der Waals surface area contributed by atoms with Gasteiger partial charge in [0, 0.05) is 17.4 Å². The molecule has 0 amide bonds. The van der Waals surface area contributed by atoms with Crippen molar-refractivity contribution in [3.8, 4) is 0 Å². The van der Waals surface area contributed by atoms with Crippen molar-refractivity contribution in [2.75, 3.05) is 0 Å². The average molecular weight is 224 g/mol. The average Bonchev–Trinajstić information content (AvgIpc) is 2.38. The Kier molecular flexibility index (Phi) is 2.11. The van der Waals surface area contributed by atoms with E-state index in [0.29, 0.717) is 6.42 Å². The second-order valence-electron chi connectivity index (χ2n) is 4.58. The van der Waals surface area contributed by atoms with Gasteiger partial charge in [-0.05, 0) is 24.1 Å². The van der Waals surface area contributed by atoms with Crippen LogP contribution in [0.4, 0.5) is 0 Å². The minimum Gasteiger partial charge on any atom is -0.294 e. The maximum Gasteiger partial charge on any atom is 0.178 e. The molecule has 0 aromatic heterocycles. The molecule has 2 aliphatic carbocycles. The molecular weight excluding hydrogens is 212 g/mol. The van der Waals surface area contributed by atoms with Crippen molar-refractivity contribution in [2.24, 2.45) is 0 Å². The van der Waals surface area contributed by atoms with Crippen LogP contribution in [0.1, 0.15) is 28.8 Å². The molecule has 0 fully saturated rings. The van der Waals surface area contributed by atoms with E-state index in [1.807, 2.05) is 36.4 Å². The third-order valence-corrected chi connectivity index (χ3v) is 3.58. The maximum absolute atomic E-state index is 11.9. The molecule has 1 spiro atoms. The summed E-state index contributed by atoms with van der Waals surface area (Å²) in [5.74, 6) is 0.218. The zero-order chi connectivity index (χ0) is 11.9. The molecule has 0 saturated heterocycles. The minimum atomic E-state index is -0.252. The molecule has 0 unspecified atom stereocenters. The first-order valence-electron chi connectivity index (χ1n) is 5.76. The summed E-state index contributed by atoms with van der Waals surface area (Å²) < 4.78 is 0. The number of hydrogen-bond donors (Lipinski definition) is 0.